The van der Waals surface area contributed by atoms with Gasteiger partial charge in [0.2, 0.25) is 10.0 Å². The van der Waals surface area contributed by atoms with Crippen LogP contribution in [0.3, 0.4) is 0 Å². The molecule has 1 aliphatic heterocycles. The van der Waals surface area contributed by atoms with E-state index in [9.17, 15) is 17.2 Å². The number of sulfonamides is 1. The van der Waals surface area contributed by atoms with Crippen LogP contribution in [0.25, 0.3) is 0 Å². The molecule has 134 valence electrons. The molecule has 5 nitrogen and oxygen atoms in total. The van der Waals surface area contributed by atoms with Crippen LogP contribution in [-0.4, -0.2) is 14.0 Å². The van der Waals surface area contributed by atoms with E-state index in [2.05, 4.69) is 4.72 Å². The van der Waals surface area contributed by atoms with Gasteiger partial charge >= 0.3 is 0 Å². The Balaban J connectivity index is 2.00. The number of rotatable bonds is 3. The number of halogens is 2. The molecule has 0 radical (unpaired) electrons. The molecule has 0 saturated carbocycles. The van der Waals surface area contributed by atoms with Gasteiger partial charge in [0.15, 0.2) is 0 Å². The Morgan fingerprint density at radius 1 is 1.16 bits per heavy atom. The van der Waals surface area contributed by atoms with Gasteiger partial charge < -0.3 is 10.5 Å². The fourth-order valence-corrected chi connectivity index (χ4v) is 4.17. The fourth-order valence-electron chi connectivity index (χ4n) is 2.92. The van der Waals surface area contributed by atoms with E-state index in [1.165, 1.54) is 0 Å². The Morgan fingerprint density at radius 2 is 1.80 bits per heavy atom. The molecule has 1 aliphatic rings. The summed E-state index contributed by atoms with van der Waals surface area (Å²) in [6.45, 7) is 3.66. The lowest BCUT2D eigenvalue weighted by Gasteiger charge is -2.37. The van der Waals surface area contributed by atoms with Crippen molar-refractivity contribution >= 4 is 15.7 Å². The number of anilines is 1. The highest BCUT2D eigenvalue weighted by Gasteiger charge is 2.36. The first kappa shape index (κ1) is 17.6. The van der Waals surface area contributed by atoms with Crippen LogP contribution in [0.5, 0.6) is 5.75 Å². The summed E-state index contributed by atoms with van der Waals surface area (Å²) < 4.78 is 60.3. The number of nitrogen functional groups attached to an aromatic ring is 1. The lowest BCUT2D eigenvalue weighted by molar-refractivity contribution is 0.0702. The zero-order valence-electron chi connectivity index (χ0n) is 13.7. The molecule has 0 bridgehead atoms. The van der Waals surface area contributed by atoms with Crippen LogP contribution in [0.2, 0.25) is 0 Å². The van der Waals surface area contributed by atoms with Crippen LogP contribution in [-0.2, 0) is 10.0 Å². The van der Waals surface area contributed by atoms with E-state index in [4.69, 9.17) is 10.5 Å². The third-order valence-corrected chi connectivity index (χ3v) is 5.39. The molecule has 8 heteroatoms. The van der Waals surface area contributed by atoms with Crippen molar-refractivity contribution in [3.8, 4) is 5.75 Å². The first-order valence-corrected chi connectivity index (χ1v) is 9.11. The second-order valence-electron chi connectivity index (χ2n) is 6.64. The average molecular weight is 368 g/mol. The minimum Gasteiger partial charge on any atom is -0.487 e. The number of hydrogen-bond donors (Lipinski definition) is 2. The predicted octanol–water partition coefficient (Wildman–Crippen LogP) is 3.13. The Kier molecular flexibility index (Phi) is 4.20. The zero-order chi connectivity index (χ0) is 18.4. The third kappa shape index (κ3) is 3.74. The van der Waals surface area contributed by atoms with Crippen molar-refractivity contribution in [2.45, 2.75) is 36.8 Å². The maximum atomic E-state index is 13.4. The van der Waals surface area contributed by atoms with Gasteiger partial charge in [-0.2, -0.15) is 0 Å². The number of benzene rings is 2. The van der Waals surface area contributed by atoms with E-state index in [-0.39, 0.29) is 0 Å². The van der Waals surface area contributed by atoms with Gasteiger partial charge in [-0.15, -0.1) is 0 Å². The van der Waals surface area contributed by atoms with E-state index in [1.54, 1.807) is 18.2 Å². The van der Waals surface area contributed by atoms with E-state index < -0.39 is 38.2 Å². The molecular formula is C17H18F2N2O3S. The van der Waals surface area contributed by atoms with Crippen LogP contribution in [0.15, 0.2) is 41.3 Å². The molecule has 0 aromatic heterocycles. The topological polar surface area (TPSA) is 81.4 Å². The van der Waals surface area contributed by atoms with E-state index in [0.717, 1.165) is 12.1 Å². The van der Waals surface area contributed by atoms with Crippen LogP contribution in [0.4, 0.5) is 14.5 Å². The van der Waals surface area contributed by atoms with Crippen molar-refractivity contribution in [2.24, 2.45) is 0 Å². The first-order valence-electron chi connectivity index (χ1n) is 7.63. The molecule has 1 heterocycles. The molecule has 1 unspecified atom stereocenters. The van der Waals surface area contributed by atoms with Crippen molar-refractivity contribution in [3.63, 3.8) is 0 Å². The monoisotopic (exact) mass is 368 g/mol. The van der Waals surface area contributed by atoms with Gasteiger partial charge in [-0.3, -0.25) is 0 Å². The SMILES string of the molecule is CC1(C)CC(NS(=O)(=O)c2cc(F)cc(F)c2)c2cc(N)ccc2O1. The minimum absolute atomic E-state index is 0.334. The van der Waals surface area contributed by atoms with Gasteiger partial charge in [0.25, 0.3) is 0 Å². The molecule has 0 spiro atoms. The normalized spacial score (nSPS) is 19.1. The molecule has 3 N–H and O–H groups in total. The summed E-state index contributed by atoms with van der Waals surface area (Å²) in [5.41, 5.74) is 6.22. The second-order valence-corrected chi connectivity index (χ2v) is 8.36. The van der Waals surface area contributed by atoms with Gasteiger partial charge in [-0.25, -0.2) is 21.9 Å². The number of fused-ring (bicyclic) bond motifs is 1. The smallest absolute Gasteiger partial charge is 0.241 e. The summed E-state index contributed by atoms with van der Waals surface area (Å²) in [7, 11) is -4.14. The highest BCUT2D eigenvalue weighted by molar-refractivity contribution is 7.89. The molecule has 0 fully saturated rings. The Hall–Kier alpha value is -2.19. The van der Waals surface area contributed by atoms with E-state index in [1.807, 2.05) is 13.8 Å². The standard InChI is InChI=1S/C17H18F2N2O3S/c1-17(2)9-15(14-8-12(20)3-4-16(14)24-17)21-25(22,23)13-6-10(18)5-11(19)7-13/h3-8,15,21H,9,20H2,1-2H3. The van der Waals surface area contributed by atoms with E-state index in [0.29, 0.717) is 29.5 Å². The maximum Gasteiger partial charge on any atom is 0.241 e. The molecule has 0 aliphatic carbocycles. The van der Waals surface area contributed by atoms with Gasteiger partial charge in [0.1, 0.15) is 23.0 Å². The van der Waals surface area contributed by atoms with E-state index >= 15 is 0 Å². The van der Waals surface area contributed by atoms with Gasteiger partial charge in [-0.05, 0) is 44.2 Å². The number of hydrogen-bond acceptors (Lipinski definition) is 4. The highest BCUT2D eigenvalue weighted by Crippen LogP contribution is 2.41. The molecule has 0 saturated heterocycles. The van der Waals surface area contributed by atoms with Crippen molar-refractivity contribution in [1.82, 2.24) is 4.72 Å². The second kappa shape index (κ2) is 5.96. The van der Waals surface area contributed by atoms with Crippen molar-refractivity contribution in [3.05, 3.63) is 53.6 Å². The molecule has 1 atom stereocenters. The van der Waals surface area contributed by atoms with Gasteiger partial charge in [-0.1, -0.05) is 0 Å². The Morgan fingerprint density at radius 3 is 2.44 bits per heavy atom. The summed E-state index contributed by atoms with van der Waals surface area (Å²) in [6, 6.07) is 6.49. The Bertz CT molecular complexity index is 909. The van der Waals surface area contributed by atoms with Gasteiger partial charge in [0.05, 0.1) is 10.9 Å². The zero-order valence-corrected chi connectivity index (χ0v) is 14.5. The van der Waals surface area contributed by atoms with Crippen LogP contribution >= 0.6 is 0 Å². The number of ether oxygens (including phenoxy) is 1. The highest BCUT2D eigenvalue weighted by atomic mass is 32.2. The molecule has 0 amide bonds. The van der Waals surface area contributed by atoms with Gasteiger partial charge in [0, 0.05) is 23.7 Å². The van der Waals surface area contributed by atoms with Crippen LogP contribution in [0, 0.1) is 11.6 Å². The predicted molar refractivity (Wildman–Crippen MR) is 89.6 cm³/mol. The fraction of sp³-hybridized carbons (Fsp3) is 0.294. The molecule has 3 rings (SSSR count). The summed E-state index contributed by atoms with van der Waals surface area (Å²) in [5, 5.41) is 0. The van der Waals surface area contributed by atoms with Crippen molar-refractivity contribution in [1.29, 1.82) is 0 Å². The number of nitrogens with two attached hydrogens (primary N) is 1. The molecule has 2 aromatic rings. The lowest BCUT2D eigenvalue weighted by Crippen LogP contribution is -2.41. The lowest BCUT2D eigenvalue weighted by atomic mass is 9.90. The summed E-state index contributed by atoms with van der Waals surface area (Å²) >= 11 is 0. The molecular weight excluding hydrogens is 350 g/mol. The van der Waals surface area contributed by atoms with Crippen LogP contribution in [0.1, 0.15) is 31.9 Å². The van der Waals surface area contributed by atoms with Crippen molar-refractivity contribution < 1.29 is 21.9 Å². The maximum absolute atomic E-state index is 13.4. The average Bonchev–Trinajstić information content (AvgIpc) is 2.46. The third-order valence-electron chi connectivity index (χ3n) is 3.93. The first-order chi connectivity index (χ1) is 11.6. The summed E-state index contributed by atoms with van der Waals surface area (Å²) in [6.07, 6.45) is 0.334. The number of nitrogens with one attached hydrogen (secondary N) is 1. The quantitative estimate of drug-likeness (QED) is 0.816. The Labute approximate surface area is 144 Å². The summed E-state index contributed by atoms with van der Waals surface area (Å²) in [5.74, 6) is -1.40. The van der Waals surface area contributed by atoms with Crippen molar-refractivity contribution in [2.75, 3.05) is 5.73 Å². The molecule has 25 heavy (non-hydrogen) atoms. The minimum atomic E-state index is -4.14. The largest absolute Gasteiger partial charge is 0.487 e. The summed E-state index contributed by atoms with van der Waals surface area (Å²) in [4.78, 5) is -0.472. The van der Waals surface area contributed by atoms with Crippen LogP contribution < -0.4 is 15.2 Å². The molecule has 2 aromatic carbocycles.